The Labute approximate surface area is 269 Å². The summed E-state index contributed by atoms with van der Waals surface area (Å²) in [6, 6.07) is 12.2. The molecule has 1 saturated carbocycles. The van der Waals surface area contributed by atoms with Gasteiger partial charge < -0.3 is 10.8 Å². The van der Waals surface area contributed by atoms with Crippen LogP contribution in [0.25, 0.3) is 22.5 Å². The minimum absolute atomic E-state index is 0.121. The second-order valence-electron chi connectivity index (χ2n) is 12.8. The van der Waals surface area contributed by atoms with Crippen molar-refractivity contribution in [1.29, 1.82) is 0 Å². The predicted octanol–water partition coefficient (Wildman–Crippen LogP) is 5.50. The summed E-state index contributed by atoms with van der Waals surface area (Å²) in [5.41, 5.74) is 5.64. The smallest absolute Gasteiger partial charge is 0.333 e. The third-order valence-electron chi connectivity index (χ3n) is 8.18. The molecule has 2 aromatic carbocycles. The molecule has 0 saturated heterocycles. The number of alkyl halides is 2. The summed E-state index contributed by atoms with van der Waals surface area (Å²) in [5.74, 6) is 6.18. The Balaban J connectivity index is 1.42. The number of aliphatic hydroxyl groups excluding tert-OH is 1. The standard InChI is InChI=1S/C33H33ClF2N8O2/c1-31(2,3)13-14-33(22-7-5-20(6-8-22)21-16-39-42(17-21)29(35)36)28(46)43(30(37)41-33)32(4,18-45)23-9-12-26(34)25(15-23)27-38-19-40-44(27)24-10-11-24/h5-9,12,15-17,19,24,29,45H,10-11,18H2,1-4H3,(H2,37,41)/t32?,33-/m1/s1. The highest BCUT2D eigenvalue weighted by atomic mass is 35.5. The van der Waals surface area contributed by atoms with Gasteiger partial charge in [-0.25, -0.2) is 19.3 Å². The van der Waals surface area contributed by atoms with E-state index in [1.807, 2.05) is 25.5 Å². The predicted molar refractivity (Wildman–Crippen MR) is 169 cm³/mol. The van der Waals surface area contributed by atoms with Gasteiger partial charge in [-0.3, -0.25) is 9.69 Å². The molecular formula is C33H33ClF2N8O2. The monoisotopic (exact) mass is 646 g/mol. The van der Waals surface area contributed by atoms with Gasteiger partial charge in [0.05, 0.1) is 29.4 Å². The number of hydrogen-bond donors (Lipinski definition) is 2. The van der Waals surface area contributed by atoms with Crippen LogP contribution in [0.2, 0.25) is 5.02 Å². The molecule has 4 aromatic rings. The van der Waals surface area contributed by atoms with Crippen LogP contribution in [0.4, 0.5) is 8.78 Å². The molecule has 0 radical (unpaired) electrons. The molecule has 13 heteroatoms. The SMILES string of the molecule is CC(C)(C)C#C[C@]1(c2ccc(-c3cnn(C(F)F)c3)cc2)N=C(N)N(C(C)(CO)c2ccc(Cl)c(-c3ncnn3C3CC3)c2)C1=O. The average molecular weight is 647 g/mol. The van der Waals surface area contributed by atoms with Crippen molar-refractivity contribution in [2.24, 2.45) is 16.1 Å². The number of carbonyl (C=O) groups excluding carboxylic acids is 1. The van der Waals surface area contributed by atoms with E-state index < -0.39 is 35.6 Å². The number of nitrogens with two attached hydrogens (primary N) is 1. The Kier molecular flexibility index (Phi) is 7.73. The lowest BCUT2D eigenvalue weighted by atomic mass is 9.84. The lowest BCUT2D eigenvalue weighted by molar-refractivity contribution is -0.135. The Morgan fingerprint density at radius 3 is 2.43 bits per heavy atom. The summed E-state index contributed by atoms with van der Waals surface area (Å²) in [4.78, 5) is 25.1. The third-order valence-corrected chi connectivity index (χ3v) is 8.51. The average Bonchev–Trinajstić information content (AvgIpc) is 3.42. The molecule has 46 heavy (non-hydrogen) atoms. The second kappa shape index (κ2) is 11.3. The first-order chi connectivity index (χ1) is 21.8. The fourth-order valence-corrected chi connectivity index (χ4v) is 5.68. The Hall–Kier alpha value is -4.60. The summed E-state index contributed by atoms with van der Waals surface area (Å²) < 4.78 is 28.6. The second-order valence-corrected chi connectivity index (χ2v) is 13.2. The number of amides is 1. The summed E-state index contributed by atoms with van der Waals surface area (Å²) in [7, 11) is 0. The molecule has 1 unspecified atom stereocenters. The van der Waals surface area contributed by atoms with E-state index in [0.717, 1.165) is 12.8 Å². The van der Waals surface area contributed by atoms with Gasteiger partial charge in [0.1, 0.15) is 6.33 Å². The lowest BCUT2D eigenvalue weighted by Crippen LogP contribution is -2.55. The van der Waals surface area contributed by atoms with E-state index in [-0.39, 0.29) is 12.0 Å². The van der Waals surface area contributed by atoms with Gasteiger partial charge in [0, 0.05) is 28.3 Å². The van der Waals surface area contributed by atoms with Crippen LogP contribution in [0, 0.1) is 17.3 Å². The van der Waals surface area contributed by atoms with Crippen LogP contribution in [0.15, 0.2) is 66.2 Å². The largest absolute Gasteiger partial charge is 0.394 e. The number of carbonyl (C=O) groups is 1. The molecule has 1 aliphatic carbocycles. The van der Waals surface area contributed by atoms with E-state index in [1.54, 1.807) is 49.4 Å². The molecule has 3 N–H and O–H groups in total. The lowest BCUT2D eigenvalue weighted by Gasteiger charge is -2.38. The van der Waals surface area contributed by atoms with E-state index in [1.165, 1.54) is 23.6 Å². The van der Waals surface area contributed by atoms with Gasteiger partial charge in [-0.05, 0) is 63.8 Å². The van der Waals surface area contributed by atoms with Crippen LogP contribution >= 0.6 is 11.6 Å². The fourth-order valence-electron chi connectivity index (χ4n) is 5.48. The van der Waals surface area contributed by atoms with Crippen molar-refractivity contribution in [3.8, 4) is 34.4 Å². The minimum atomic E-state index is -2.77. The van der Waals surface area contributed by atoms with Crippen molar-refractivity contribution in [3.63, 3.8) is 0 Å². The van der Waals surface area contributed by atoms with Crippen molar-refractivity contribution < 1.29 is 18.7 Å². The molecule has 238 valence electrons. The molecule has 3 heterocycles. The Morgan fingerprint density at radius 1 is 1.11 bits per heavy atom. The molecule has 1 amide bonds. The van der Waals surface area contributed by atoms with Crippen LogP contribution in [0.1, 0.15) is 64.3 Å². The van der Waals surface area contributed by atoms with Crippen LogP contribution < -0.4 is 5.73 Å². The maximum absolute atomic E-state index is 14.7. The summed E-state index contributed by atoms with van der Waals surface area (Å²) in [5, 5.41) is 19.4. The maximum Gasteiger partial charge on any atom is 0.333 e. The molecular weight excluding hydrogens is 614 g/mol. The van der Waals surface area contributed by atoms with E-state index in [0.29, 0.717) is 43.3 Å². The molecule has 0 bridgehead atoms. The van der Waals surface area contributed by atoms with Gasteiger partial charge in [-0.2, -0.15) is 19.0 Å². The van der Waals surface area contributed by atoms with E-state index in [2.05, 4.69) is 32.0 Å². The molecule has 0 spiro atoms. The zero-order valence-electron chi connectivity index (χ0n) is 25.7. The topological polar surface area (TPSA) is 127 Å². The number of aliphatic hydroxyl groups is 1. The summed E-state index contributed by atoms with van der Waals surface area (Å²) in [6.07, 6.45) is 6.06. The Bertz CT molecular complexity index is 1900. The van der Waals surface area contributed by atoms with Crippen LogP contribution in [-0.4, -0.2) is 53.0 Å². The van der Waals surface area contributed by atoms with Crippen molar-refractivity contribution in [1.82, 2.24) is 29.4 Å². The molecule has 2 atom stereocenters. The number of hydrogen-bond acceptors (Lipinski definition) is 7. The molecule has 2 aromatic heterocycles. The first kappa shape index (κ1) is 31.4. The highest BCUT2D eigenvalue weighted by Gasteiger charge is 2.54. The van der Waals surface area contributed by atoms with E-state index in [4.69, 9.17) is 17.3 Å². The number of benzene rings is 2. The highest BCUT2D eigenvalue weighted by Crippen LogP contribution is 2.43. The zero-order chi connectivity index (χ0) is 33.0. The van der Waals surface area contributed by atoms with Crippen molar-refractivity contribution in [3.05, 3.63) is 77.3 Å². The van der Waals surface area contributed by atoms with Crippen LogP contribution in [0.3, 0.4) is 0 Å². The van der Waals surface area contributed by atoms with E-state index in [9.17, 15) is 18.7 Å². The first-order valence-electron chi connectivity index (χ1n) is 14.8. The summed E-state index contributed by atoms with van der Waals surface area (Å²) in [6.45, 7) is 4.17. The maximum atomic E-state index is 14.7. The highest BCUT2D eigenvalue weighted by molar-refractivity contribution is 6.33. The van der Waals surface area contributed by atoms with Gasteiger partial charge in [0.15, 0.2) is 5.82 Å². The van der Waals surface area contributed by atoms with Gasteiger partial charge in [0.25, 0.3) is 5.91 Å². The number of rotatable bonds is 8. The molecule has 1 fully saturated rings. The number of guanidine groups is 1. The third kappa shape index (κ3) is 5.43. The summed E-state index contributed by atoms with van der Waals surface area (Å²) >= 11 is 6.64. The van der Waals surface area contributed by atoms with Gasteiger partial charge in [-0.15, -0.1) is 0 Å². The molecule has 6 rings (SSSR count). The van der Waals surface area contributed by atoms with Crippen LogP contribution in [0.5, 0.6) is 0 Å². The van der Waals surface area contributed by atoms with Crippen molar-refractivity contribution in [2.45, 2.75) is 64.2 Å². The molecule has 10 nitrogen and oxygen atoms in total. The van der Waals surface area contributed by atoms with Gasteiger partial charge >= 0.3 is 6.55 Å². The fraction of sp³-hybridized carbons (Fsp3) is 0.364. The van der Waals surface area contributed by atoms with Gasteiger partial charge in [-0.1, -0.05) is 53.8 Å². The molecule has 1 aliphatic heterocycles. The van der Waals surface area contributed by atoms with Crippen molar-refractivity contribution in [2.75, 3.05) is 6.61 Å². The number of nitrogens with zero attached hydrogens (tertiary/aromatic N) is 7. The Morgan fingerprint density at radius 2 is 1.83 bits per heavy atom. The normalized spacial score (nSPS) is 19.6. The van der Waals surface area contributed by atoms with E-state index >= 15 is 0 Å². The number of halogens is 3. The molecule has 2 aliphatic rings. The number of aliphatic imine (C=N–C) groups is 1. The first-order valence-corrected chi connectivity index (χ1v) is 15.1. The zero-order valence-corrected chi connectivity index (χ0v) is 26.5. The number of aromatic nitrogens is 5. The minimum Gasteiger partial charge on any atom is -0.394 e. The van der Waals surface area contributed by atoms with Gasteiger partial charge in [0.2, 0.25) is 11.5 Å². The quantitative estimate of drug-likeness (QED) is 0.243. The van der Waals surface area contributed by atoms with Crippen molar-refractivity contribution >= 4 is 23.5 Å². The van der Waals surface area contributed by atoms with Crippen LogP contribution in [-0.2, 0) is 15.9 Å².